The molecule has 0 bridgehead atoms. The lowest BCUT2D eigenvalue weighted by molar-refractivity contribution is 0.294. The van der Waals surface area contributed by atoms with Crippen LogP contribution in [0, 0.1) is 11.6 Å². The molecule has 2 N–H and O–H groups in total. The van der Waals surface area contributed by atoms with Crippen LogP contribution >= 0.6 is 27.5 Å². The Bertz CT molecular complexity index is 602. The van der Waals surface area contributed by atoms with Crippen molar-refractivity contribution in [2.45, 2.75) is 6.61 Å². The zero-order chi connectivity index (χ0) is 14.0. The van der Waals surface area contributed by atoms with Crippen molar-refractivity contribution in [3.8, 4) is 5.75 Å². The maximum atomic E-state index is 13.7. The monoisotopic (exact) mass is 347 g/mol. The zero-order valence-corrected chi connectivity index (χ0v) is 11.9. The van der Waals surface area contributed by atoms with Crippen molar-refractivity contribution in [2.75, 3.05) is 5.73 Å². The van der Waals surface area contributed by atoms with Crippen molar-refractivity contribution in [1.29, 1.82) is 0 Å². The molecule has 0 aliphatic heterocycles. The lowest BCUT2D eigenvalue weighted by Gasteiger charge is -2.12. The number of benzene rings is 2. The van der Waals surface area contributed by atoms with E-state index >= 15 is 0 Å². The van der Waals surface area contributed by atoms with Crippen LogP contribution in [0.25, 0.3) is 0 Å². The molecule has 2 aromatic carbocycles. The smallest absolute Gasteiger partial charge is 0.161 e. The number of hydrogen-bond acceptors (Lipinski definition) is 2. The minimum Gasteiger partial charge on any atom is -0.485 e. The molecule has 2 nitrogen and oxygen atoms in total. The summed E-state index contributed by atoms with van der Waals surface area (Å²) in [5, 5.41) is 0.288. The molecule has 0 saturated heterocycles. The van der Waals surface area contributed by atoms with Crippen LogP contribution in [0.2, 0.25) is 5.02 Å². The van der Waals surface area contributed by atoms with E-state index in [4.69, 9.17) is 22.1 Å². The van der Waals surface area contributed by atoms with Crippen LogP contribution < -0.4 is 10.5 Å². The highest BCUT2D eigenvalue weighted by Gasteiger charge is 2.14. The van der Waals surface area contributed by atoms with E-state index in [9.17, 15) is 8.78 Å². The Morgan fingerprint density at radius 2 is 1.95 bits per heavy atom. The number of nitrogen functional groups attached to an aromatic ring is 1. The lowest BCUT2D eigenvalue weighted by Crippen LogP contribution is -2.04. The Balaban J connectivity index is 2.27. The molecular formula is C13H9BrClF2NO. The third-order valence-electron chi connectivity index (χ3n) is 2.50. The summed E-state index contributed by atoms with van der Waals surface area (Å²) in [6.45, 7) is -0.301. The van der Waals surface area contributed by atoms with E-state index in [0.29, 0.717) is 5.69 Å². The molecular weight excluding hydrogens is 340 g/mol. The standard InChI is InChI=1S/C13H9BrClF2NO/c14-8-4-5-10(16)7(12(8)17)6-19-13-9(15)2-1-3-11(13)18/h1-5H,6,18H2. The molecule has 0 spiro atoms. The molecule has 0 aromatic heterocycles. The maximum Gasteiger partial charge on any atom is 0.161 e. The fraction of sp³-hybridized carbons (Fsp3) is 0.0769. The first kappa shape index (κ1) is 14.1. The van der Waals surface area contributed by atoms with E-state index in [1.54, 1.807) is 18.2 Å². The number of para-hydroxylation sites is 1. The molecule has 0 radical (unpaired) electrons. The Labute approximate surface area is 122 Å². The van der Waals surface area contributed by atoms with Gasteiger partial charge >= 0.3 is 0 Å². The predicted molar refractivity (Wildman–Crippen MR) is 74.3 cm³/mol. The van der Waals surface area contributed by atoms with Gasteiger partial charge in [0, 0.05) is 0 Å². The molecule has 0 heterocycles. The highest BCUT2D eigenvalue weighted by molar-refractivity contribution is 9.10. The van der Waals surface area contributed by atoms with Gasteiger partial charge in [-0.15, -0.1) is 0 Å². The topological polar surface area (TPSA) is 35.2 Å². The van der Waals surface area contributed by atoms with Crippen molar-refractivity contribution in [3.05, 3.63) is 57.0 Å². The highest BCUT2D eigenvalue weighted by atomic mass is 79.9. The summed E-state index contributed by atoms with van der Waals surface area (Å²) < 4.78 is 32.7. The van der Waals surface area contributed by atoms with Gasteiger partial charge in [0.05, 0.1) is 20.7 Å². The number of anilines is 1. The van der Waals surface area contributed by atoms with Gasteiger partial charge in [-0.05, 0) is 40.2 Å². The minimum absolute atomic E-state index is 0.166. The maximum absolute atomic E-state index is 13.7. The van der Waals surface area contributed by atoms with Gasteiger partial charge in [0.1, 0.15) is 18.2 Å². The fourth-order valence-electron chi connectivity index (χ4n) is 1.52. The van der Waals surface area contributed by atoms with Crippen LogP contribution in [0.3, 0.4) is 0 Å². The number of ether oxygens (including phenoxy) is 1. The molecule has 2 rings (SSSR count). The average molecular weight is 349 g/mol. The van der Waals surface area contributed by atoms with E-state index in [1.165, 1.54) is 6.07 Å². The molecule has 2 aromatic rings. The molecule has 0 aliphatic rings. The number of halogens is 4. The summed E-state index contributed by atoms with van der Waals surface area (Å²) in [4.78, 5) is 0. The van der Waals surface area contributed by atoms with Gasteiger partial charge in [-0.2, -0.15) is 0 Å². The summed E-state index contributed by atoms with van der Waals surface area (Å²) in [6.07, 6.45) is 0. The van der Waals surface area contributed by atoms with E-state index < -0.39 is 11.6 Å². The molecule has 0 saturated carbocycles. The number of hydrogen-bond donors (Lipinski definition) is 1. The number of nitrogens with two attached hydrogens (primary N) is 1. The van der Waals surface area contributed by atoms with Gasteiger partial charge in [0.2, 0.25) is 0 Å². The Morgan fingerprint density at radius 3 is 2.63 bits per heavy atom. The van der Waals surface area contributed by atoms with Crippen LogP contribution in [0.15, 0.2) is 34.8 Å². The second-order valence-corrected chi connectivity index (χ2v) is 5.03. The van der Waals surface area contributed by atoms with Crippen molar-refractivity contribution in [3.63, 3.8) is 0 Å². The third-order valence-corrected chi connectivity index (χ3v) is 3.41. The van der Waals surface area contributed by atoms with Crippen LogP contribution in [0.5, 0.6) is 5.75 Å². The first-order valence-electron chi connectivity index (χ1n) is 5.30. The Hall–Kier alpha value is -1.33. The van der Waals surface area contributed by atoms with Crippen molar-refractivity contribution >= 4 is 33.2 Å². The fourth-order valence-corrected chi connectivity index (χ4v) is 2.13. The molecule has 6 heteroatoms. The molecule has 0 fully saturated rings. The third kappa shape index (κ3) is 2.98. The zero-order valence-electron chi connectivity index (χ0n) is 9.59. The van der Waals surface area contributed by atoms with E-state index in [-0.39, 0.29) is 27.4 Å². The van der Waals surface area contributed by atoms with E-state index in [1.807, 2.05) is 0 Å². The van der Waals surface area contributed by atoms with Gasteiger partial charge < -0.3 is 10.5 Å². The molecule has 0 aliphatic carbocycles. The first-order valence-corrected chi connectivity index (χ1v) is 6.47. The van der Waals surface area contributed by atoms with E-state index in [2.05, 4.69) is 15.9 Å². The summed E-state index contributed by atoms with van der Waals surface area (Å²) in [5.41, 5.74) is 5.81. The normalized spacial score (nSPS) is 10.5. The van der Waals surface area contributed by atoms with Gasteiger partial charge in [-0.25, -0.2) is 8.78 Å². The highest BCUT2D eigenvalue weighted by Crippen LogP contribution is 2.32. The number of rotatable bonds is 3. The minimum atomic E-state index is -0.703. The Morgan fingerprint density at radius 1 is 1.21 bits per heavy atom. The summed E-state index contributed by atoms with van der Waals surface area (Å²) in [5.74, 6) is -1.18. The van der Waals surface area contributed by atoms with Crippen molar-refractivity contribution < 1.29 is 13.5 Å². The quantitative estimate of drug-likeness (QED) is 0.653. The van der Waals surface area contributed by atoms with Crippen molar-refractivity contribution in [1.82, 2.24) is 0 Å². The van der Waals surface area contributed by atoms with Crippen LogP contribution in [0.4, 0.5) is 14.5 Å². The van der Waals surface area contributed by atoms with Crippen molar-refractivity contribution in [2.24, 2.45) is 0 Å². The SMILES string of the molecule is Nc1cccc(Cl)c1OCc1c(F)ccc(Br)c1F. The Kier molecular flexibility index (Phi) is 4.27. The molecule has 0 amide bonds. The second-order valence-electron chi connectivity index (χ2n) is 3.77. The first-order chi connectivity index (χ1) is 9.00. The molecule has 100 valence electrons. The van der Waals surface area contributed by atoms with Gasteiger partial charge in [0.15, 0.2) is 5.75 Å². The van der Waals surface area contributed by atoms with Gasteiger partial charge in [-0.1, -0.05) is 17.7 Å². The lowest BCUT2D eigenvalue weighted by atomic mass is 10.2. The second kappa shape index (κ2) is 5.75. The van der Waals surface area contributed by atoms with Crippen LogP contribution in [-0.4, -0.2) is 0 Å². The van der Waals surface area contributed by atoms with Gasteiger partial charge in [0.25, 0.3) is 0 Å². The molecule has 0 unspecified atom stereocenters. The summed E-state index contributed by atoms with van der Waals surface area (Å²) >= 11 is 8.89. The average Bonchev–Trinajstić information content (AvgIpc) is 2.37. The summed E-state index contributed by atoms with van der Waals surface area (Å²) in [7, 11) is 0. The molecule has 0 atom stereocenters. The van der Waals surface area contributed by atoms with Crippen LogP contribution in [0.1, 0.15) is 5.56 Å². The largest absolute Gasteiger partial charge is 0.485 e. The molecule has 19 heavy (non-hydrogen) atoms. The van der Waals surface area contributed by atoms with E-state index in [0.717, 1.165) is 6.07 Å². The van der Waals surface area contributed by atoms with Gasteiger partial charge in [-0.3, -0.25) is 0 Å². The van der Waals surface area contributed by atoms with Crippen LogP contribution in [-0.2, 0) is 6.61 Å². The summed E-state index contributed by atoms with van der Waals surface area (Å²) in [6, 6.07) is 7.28. The predicted octanol–water partition coefficient (Wildman–Crippen LogP) is 4.54.